The van der Waals surface area contributed by atoms with E-state index in [0.29, 0.717) is 19.4 Å². The van der Waals surface area contributed by atoms with Crippen molar-refractivity contribution in [3.63, 3.8) is 0 Å². The molecule has 0 spiro atoms. The third-order valence-electron chi connectivity index (χ3n) is 3.91. The van der Waals surface area contributed by atoms with Gasteiger partial charge in [0, 0.05) is 6.54 Å². The van der Waals surface area contributed by atoms with Gasteiger partial charge in [-0.05, 0) is 49.1 Å². The van der Waals surface area contributed by atoms with Crippen molar-refractivity contribution in [1.29, 1.82) is 0 Å². The summed E-state index contributed by atoms with van der Waals surface area (Å²) in [6.45, 7) is 2.99. The van der Waals surface area contributed by atoms with Gasteiger partial charge < -0.3 is 9.47 Å². The van der Waals surface area contributed by atoms with Crippen molar-refractivity contribution in [2.75, 3.05) is 20.3 Å². The molecule has 0 bridgehead atoms. The van der Waals surface area contributed by atoms with Crippen LogP contribution in [0.2, 0.25) is 0 Å². The summed E-state index contributed by atoms with van der Waals surface area (Å²) >= 11 is 0. The van der Waals surface area contributed by atoms with Crippen molar-refractivity contribution < 1.29 is 22.7 Å². The molecule has 0 aromatic heterocycles. The van der Waals surface area contributed by atoms with Crippen LogP contribution in [0.15, 0.2) is 53.4 Å². The fourth-order valence-electron chi connectivity index (χ4n) is 2.54. The number of nitrogens with one attached hydrogen (secondary N) is 1. The number of ether oxygens (including phenoxy) is 2. The molecule has 0 fully saturated rings. The van der Waals surface area contributed by atoms with E-state index >= 15 is 0 Å². The Bertz CT molecular complexity index is 864. The quantitative estimate of drug-likeness (QED) is 0.497. The first kappa shape index (κ1) is 20.9. The van der Waals surface area contributed by atoms with Gasteiger partial charge in [0.2, 0.25) is 10.0 Å². The molecule has 0 radical (unpaired) electrons. The van der Waals surface area contributed by atoms with E-state index in [1.807, 2.05) is 31.2 Å². The highest BCUT2D eigenvalue weighted by molar-refractivity contribution is 7.89. The van der Waals surface area contributed by atoms with Gasteiger partial charge in [-0.2, -0.15) is 0 Å². The molecule has 6 nitrogen and oxygen atoms in total. The normalized spacial score (nSPS) is 11.2. The minimum Gasteiger partial charge on any atom is -0.493 e. The highest BCUT2D eigenvalue weighted by Gasteiger charge is 2.16. The first-order valence-corrected chi connectivity index (χ1v) is 10.3. The largest absolute Gasteiger partial charge is 0.493 e. The highest BCUT2D eigenvalue weighted by atomic mass is 32.2. The second-order valence-corrected chi connectivity index (χ2v) is 7.74. The molecule has 7 heteroatoms. The molecule has 0 saturated heterocycles. The summed E-state index contributed by atoms with van der Waals surface area (Å²) in [6, 6.07) is 13.6. The summed E-state index contributed by atoms with van der Waals surface area (Å²) in [5.41, 5.74) is 1.25. The zero-order valence-corrected chi connectivity index (χ0v) is 16.4. The molecule has 0 amide bonds. The molecule has 2 rings (SSSR count). The zero-order chi connectivity index (χ0) is 19.7. The third kappa shape index (κ3) is 6.08. The first-order chi connectivity index (χ1) is 13.0. The lowest BCUT2D eigenvalue weighted by molar-refractivity contribution is 0.0600. The van der Waals surface area contributed by atoms with Crippen molar-refractivity contribution in [3.05, 3.63) is 59.7 Å². The number of sulfonamides is 1. The predicted octanol–water partition coefficient (Wildman–Crippen LogP) is 3.17. The lowest BCUT2D eigenvalue weighted by Gasteiger charge is -2.11. The predicted molar refractivity (Wildman–Crippen MR) is 104 cm³/mol. The molecule has 2 aromatic carbocycles. The van der Waals surface area contributed by atoms with Gasteiger partial charge in [0.25, 0.3) is 0 Å². The Morgan fingerprint density at radius 3 is 2.63 bits per heavy atom. The Balaban J connectivity index is 1.94. The number of esters is 1. The molecule has 0 aliphatic heterocycles. The monoisotopic (exact) mass is 391 g/mol. The van der Waals surface area contributed by atoms with Gasteiger partial charge in [0.15, 0.2) is 0 Å². The van der Waals surface area contributed by atoms with Crippen LogP contribution in [0.1, 0.15) is 35.7 Å². The van der Waals surface area contributed by atoms with E-state index in [1.165, 1.54) is 31.4 Å². The van der Waals surface area contributed by atoms with Gasteiger partial charge >= 0.3 is 5.97 Å². The van der Waals surface area contributed by atoms with Crippen molar-refractivity contribution in [2.45, 2.75) is 31.1 Å². The summed E-state index contributed by atoms with van der Waals surface area (Å²) in [4.78, 5) is 11.6. The first-order valence-electron chi connectivity index (χ1n) is 8.86. The van der Waals surface area contributed by atoms with E-state index in [-0.39, 0.29) is 17.0 Å². The van der Waals surface area contributed by atoms with E-state index in [2.05, 4.69) is 9.46 Å². The molecule has 0 aliphatic carbocycles. The summed E-state index contributed by atoms with van der Waals surface area (Å²) in [5.74, 6) is 0.267. The van der Waals surface area contributed by atoms with Gasteiger partial charge in [-0.3, -0.25) is 0 Å². The molecule has 0 saturated carbocycles. The van der Waals surface area contributed by atoms with Crippen LogP contribution >= 0.6 is 0 Å². The number of hydrogen-bond donors (Lipinski definition) is 1. The van der Waals surface area contributed by atoms with Crippen LogP contribution in [0.4, 0.5) is 0 Å². The molecule has 0 aliphatic rings. The van der Waals surface area contributed by atoms with E-state index in [4.69, 9.17) is 4.74 Å². The number of hydrogen-bond acceptors (Lipinski definition) is 5. The van der Waals surface area contributed by atoms with Gasteiger partial charge in [-0.1, -0.05) is 31.2 Å². The maximum Gasteiger partial charge on any atom is 0.337 e. The third-order valence-corrected chi connectivity index (χ3v) is 5.37. The molecule has 2 aromatic rings. The maximum atomic E-state index is 12.4. The molecule has 0 heterocycles. The van der Waals surface area contributed by atoms with Crippen molar-refractivity contribution in [3.8, 4) is 5.75 Å². The summed E-state index contributed by atoms with van der Waals surface area (Å²) in [6.07, 6.45) is 2.26. The fraction of sp³-hybridized carbons (Fsp3) is 0.350. The lowest BCUT2D eigenvalue weighted by atomic mass is 10.1. The van der Waals surface area contributed by atoms with Crippen LogP contribution in [0, 0.1) is 0 Å². The molecule has 27 heavy (non-hydrogen) atoms. The fourth-order valence-corrected chi connectivity index (χ4v) is 3.66. The number of aryl methyl sites for hydroxylation is 1. The molecular formula is C20H25NO5S. The number of carbonyl (C=O) groups is 1. The van der Waals surface area contributed by atoms with E-state index in [0.717, 1.165) is 17.7 Å². The van der Waals surface area contributed by atoms with Crippen LogP contribution in [0.25, 0.3) is 0 Å². The summed E-state index contributed by atoms with van der Waals surface area (Å²) < 4.78 is 37.8. The van der Waals surface area contributed by atoms with Crippen LogP contribution in [-0.2, 0) is 21.2 Å². The number of carbonyl (C=O) groups excluding carboxylic acids is 1. The van der Waals surface area contributed by atoms with E-state index in [9.17, 15) is 13.2 Å². The highest BCUT2D eigenvalue weighted by Crippen LogP contribution is 2.20. The smallest absolute Gasteiger partial charge is 0.337 e. The SMILES string of the molecule is CCCOc1ccccc1CCCNS(=O)(=O)c1cccc(C(=O)OC)c1. The average molecular weight is 391 g/mol. The molecule has 146 valence electrons. The van der Waals surface area contributed by atoms with Crippen molar-refractivity contribution in [2.24, 2.45) is 0 Å². The number of rotatable bonds is 10. The molecule has 0 atom stereocenters. The van der Waals surface area contributed by atoms with Crippen molar-refractivity contribution in [1.82, 2.24) is 4.72 Å². The van der Waals surface area contributed by atoms with Crippen LogP contribution in [0.5, 0.6) is 5.75 Å². The lowest BCUT2D eigenvalue weighted by Crippen LogP contribution is -2.25. The Kier molecular flexibility index (Phi) is 7.82. The Labute approximate surface area is 160 Å². The minimum atomic E-state index is -3.69. The number of para-hydroxylation sites is 1. The number of benzene rings is 2. The van der Waals surface area contributed by atoms with E-state index in [1.54, 1.807) is 0 Å². The second kappa shape index (κ2) is 10.1. The molecule has 0 unspecified atom stereocenters. The van der Waals surface area contributed by atoms with Gasteiger partial charge in [0.05, 0.1) is 24.2 Å². The van der Waals surface area contributed by atoms with Gasteiger partial charge in [-0.15, -0.1) is 0 Å². The Morgan fingerprint density at radius 2 is 1.89 bits per heavy atom. The molecular weight excluding hydrogens is 366 g/mol. The maximum absolute atomic E-state index is 12.4. The summed E-state index contributed by atoms with van der Waals surface area (Å²) in [7, 11) is -2.44. The van der Waals surface area contributed by atoms with E-state index < -0.39 is 16.0 Å². The Hall–Kier alpha value is -2.38. The van der Waals surface area contributed by atoms with Gasteiger partial charge in [-0.25, -0.2) is 17.9 Å². The topological polar surface area (TPSA) is 81.7 Å². The standard InChI is InChI=1S/C20H25NO5S/c1-3-14-26-19-12-5-4-8-16(19)10-7-13-21-27(23,24)18-11-6-9-17(15-18)20(22)25-2/h4-6,8-9,11-12,15,21H,3,7,10,13-14H2,1-2H3. The van der Waals surface area contributed by atoms with Crippen LogP contribution in [-0.4, -0.2) is 34.6 Å². The number of methoxy groups -OCH3 is 1. The van der Waals surface area contributed by atoms with Crippen molar-refractivity contribution >= 4 is 16.0 Å². The van der Waals surface area contributed by atoms with Crippen LogP contribution < -0.4 is 9.46 Å². The van der Waals surface area contributed by atoms with Gasteiger partial charge in [0.1, 0.15) is 5.75 Å². The van der Waals surface area contributed by atoms with Crippen LogP contribution in [0.3, 0.4) is 0 Å². The zero-order valence-electron chi connectivity index (χ0n) is 15.6. The molecule has 1 N–H and O–H groups in total. The average Bonchev–Trinajstić information content (AvgIpc) is 2.69. The second-order valence-electron chi connectivity index (χ2n) is 5.98. The minimum absolute atomic E-state index is 0.0390. The Morgan fingerprint density at radius 1 is 1.11 bits per heavy atom. The summed E-state index contributed by atoms with van der Waals surface area (Å²) in [5, 5.41) is 0.